The molecule has 1 saturated heterocycles. The highest BCUT2D eigenvalue weighted by Gasteiger charge is 2.49. The van der Waals surface area contributed by atoms with Gasteiger partial charge in [-0.3, -0.25) is 4.79 Å². The number of carboxylic acid groups (broad SMARTS) is 1. The van der Waals surface area contributed by atoms with Crippen LogP contribution in [-0.2, 0) is 9.59 Å². The highest BCUT2D eigenvalue weighted by molar-refractivity contribution is 8.00. The molecule has 2 aliphatic carbocycles. The van der Waals surface area contributed by atoms with E-state index in [1.807, 2.05) is 0 Å². The molecular formula is C16H25NO3S. The van der Waals surface area contributed by atoms with E-state index in [-0.39, 0.29) is 17.2 Å². The third-order valence-electron chi connectivity index (χ3n) is 5.05. The van der Waals surface area contributed by atoms with Gasteiger partial charge in [-0.2, -0.15) is 0 Å². The number of carbonyl (C=O) groups excluding carboxylic acids is 1. The SMILES string of the molecule is O=C(O)C1CSC(C2CC2)N1C(=O)C1CCCCCCC1. The monoisotopic (exact) mass is 311 g/mol. The third-order valence-corrected chi connectivity index (χ3v) is 6.52. The van der Waals surface area contributed by atoms with Crippen molar-refractivity contribution in [3.05, 3.63) is 0 Å². The van der Waals surface area contributed by atoms with Crippen LogP contribution < -0.4 is 0 Å². The number of hydrogen-bond donors (Lipinski definition) is 1. The van der Waals surface area contributed by atoms with Crippen LogP contribution >= 0.6 is 11.8 Å². The minimum atomic E-state index is -0.829. The molecule has 2 atom stereocenters. The van der Waals surface area contributed by atoms with Crippen molar-refractivity contribution >= 4 is 23.6 Å². The summed E-state index contributed by atoms with van der Waals surface area (Å²) in [6.07, 6.45) is 10.1. The van der Waals surface area contributed by atoms with E-state index in [1.54, 1.807) is 16.7 Å². The van der Waals surface area contributed by atoms with E-state index in [1.165, 1.54) is 19.3 Å². The number of nitrogens with zero attached hydrogens (tertiary/aromatic N) is 1. The summed E-state index contributed by atoms with van der Waals surface area (Å²) in [4.78, 5) is 26.2. The van der Waals surface area contributed by atoms with Crippen LogP contribution in [0.1, 0.15) is 57.8 Å². The first-order valence-electron chi connectivity index (χ1n) is 8.35. The van der Waals surface area contributed by atoms with Gasteiger partial charge in [0.1, 0.15) is 6.04 Å². The Morgan fingerprint density at radius 2 is 1.57 bits per heavy atom. The summed E-state index contributed by atoms with van der Waals surface area (Å²) < 4.78 is 0. The molecule has 21 heavy (non-hydrogen) atoms. The maximum Gasteiger partial charge on any atom is 0.327 e. The second-order valence-corrected chi connectivity index (χ2v) is 7.85. The van der Waals surface area contributed by atoms with Crippen molar-refractivity contribution in [1.29, 1.82) is 0 Å². The molecule has 1 N–H and O–H groups in total. The smallest absolute Gasteiger partial charge is 0.327 e. The second-order valence-electron chi connectivity index (χ2n) is 6.70. The van der Waals surface area contributed by atoms with Crippen LogP contribution in [-0.4, -0.2) is 39.1 Å². The number of hydrogen-bond acceptors (Lipinski definition) is 3. The Hall–Kier alpha value is -0.710. The summed E-state index contributed by atoms with van der Waals surface area (Å²) in [6.45, 7) is 0. The van der Waals surface area contributed by atoms with Crippen molar-refractivity contribution in [3.8, 4) is 0 Å². The molecule has 5 heteroatoms. The average molecular weight is 311 g/mol. The van der Waals surface area contributed by atoms with E-state index in [0.29, 0.717) is 11.7 Å². The van der Waals surface area contributed by atoms with Crippen LogP contribution in [0.4, 0.5) is 0 Å². The van der Waals surface area contributed by atoms with Crippen LogP contribution in [0.2, 0.25) is 0 Å². The number of carboxylic acids is 1. The minimum Gasteiger partial charge on any atom is -0.480 e. The summed E-state index contributed by atoms with van der Waals surface area (Å²) in [5, 5.41) is 9.57. The Morgan fingerprint density at radius 3 is 2.14 bits per heavy atom. The molecule has 2 saturated carbocycles. The van der Waals surface area contributed by atoms with Crippen molar-refractivity contribution in [2.75, 3.05) is 5.75 Å². The number of rotatable bonds is 3. The highest BCUT2D eigenvalue weighted by Crippen LogP contribution is 2.46. The van der Waals surface area contributed by atoms with Gasteiger partial charge in [0.05, 0.1) is 5.37 Å². The molecule has 0 radical (unpaired) electrons. The zero-order valence-corrected chi connectivity index (χ0v) is 13.3. The van der Waals surface area contributed by atoms with E-state index >= 15 is 0 Å². The lowest BCUT2D eigenvalue weighted by atomic mass is 9.89. The first-order chi connectivity index (χ1) is 10.2. The van der Waals surface area contributed by atoms with E-state index in [0.717, 1.165) is 38.5 Å². The fraction of sp³-hybridized carbons (Fsp3) is 0.875. The summed E-state index contributed by atoms with van der Waals surface area (Å²) in [5.41, 5.74) is 0. The van der Waals surface area contributed by atoms with Crippen LogP contribution in [0.25, 0.3) is 0 Å². The molecule has 0 bridgehead atoms. The van der Waals surface area contributed by atoms with Crippen molar-refractivity contribution in [2.45, 2.75) is 69.2 Å². The summed E-state index contributed by atoms with van der Waals surface area (Å²) in [5.74, 6) is 0.467. The molecule has 118 valence electrons. The van der Waals surface area contributed by atoms with Crippen LogP contribution in [0.5, 0.6) is 0 Å². The van der Waals surface area contributed by atoms with Gasteiger partial charge in [0.2, 0.25) is 5.91 Å². The quantitative estimate of drug-likeness (QED) is 0.870. The fourth-order valence-corrected chi connectivity index (χ4v) is 5.29. The van der Waals surface area contributed by atoms with Crippen molar-refractivity contribution in [1.82, 2.24) is 4.90 Å². The van der Waals surface area contributed by atoms with Gasteiger partial charge >= 0.3 is 5.97 Å². The van der Waals surface area contributed by atoms with E-state index in [4.69, 9.17) is 0 Å². The Bertz CT molecular complexity index is 402. The molecule has 1 heterocycles. The van der Waals surface area contributed by atoms with Crippen LogP contribution in [0.3, 0.4) is 0 Å². The molecule has 0 aromatic rings. The molecule has 3 rings (SSSR count). The van der Waals surface area contributed by atoms with E-state index in [2.05, 4.69) is 0 Å². The Morgan fingerprint density at radius 1 is 0.952 bits per heavy atom. The van der Waals surface area contributed by atoms with E-state index in [9.17, 15) is 14.7 Å². The van der Waals surface area contributed by atoms with Crippen molar-refractivity contribution in [3.63, 3.8) is 0 Å². The molecule has 2 unspecified atom stereocenters. The number of amides is 1. The number of carbonyl (C=O) groups is 2. The van der Waals surface area contributed by atoms with Crippen molar-refractivity contribution in [2.24, 2.45) is 11.8 Å². The maximum atomic E-state index is 13.0. The van der Waals surface area contributed by atoms with Gasteiger partial charge < -0.3 is 10.0 Å². The van der Waals surface area contributed by atoms with Crippen LogP contribution in [0, 0.1) is 11.8 Å². The zero-order chi connectivity index (χ0) is 14.8. The van der Waals surface area contributed by atoms with Gasteiger partial charge in [-0.25, -0.2) is 4.79 Å². The summed E-state index contributed by atoms with van der Waals surface area (Å²) in [6, 6.07) is -0.599. The molecule has 3 fully saturated rings. The maximum absolute atomic E-state index is 13.0. The Balaban J connectivity index is 1.73. The normalized spacial score (nSPS) is 31.7. The topological polar surface area (TPSA) is 57.6 Å². The molecule has 4 nitrogen and oxygen atoms in total. The van der Waals surface area contributed by atoms with Crippen LogP contribution in [0.15, 0.2) is 0 Å². The average Bonchev–Trinajstić information content (AvgIpc) is 3.16. The lowest BCUT2D eigenvalue weighted by Gasteiger charge is -2.31. The van der Waals surface area contributed by atoms with Gasteiger partial charge in [0, 0.05) is 11.7 Å². The standard InChI is InChI=1S/C16H25NO3S/c18-14(11-6-4-2-1-3-5-7-11)17-13(16(19)20)10-21-15(17)12-8-9-12/h11-13,15H,1-10H2,(H,19,20). The van der Waals surface area contributed by atoms with Gasteiger partial charge in [-0.15, -0.1) is 11.8 Å². The fourth-order valence-electron chi connectivity index (χ4n) is 3.66. The van der Waals surface area contributed by atoms with Gasteiger partial charge in [0.15, 0.2) is 0 Å². The molecule has 3 aliphatic rings. The van der Waals surface area contributed by atoms with Gasteiger partial charge in [-0.1, -0.05) is 32.1 Å². The Kier molecular flexibility index (Phi) is 4.77. The van der Waals surface area contributed by atoms with E-state index < -0.39 is 12.0 Å². The zero-order valence-electron chi connectivity index (χ0n) is 12.5. The Labute approximate surface area is 130 Å². The predicted molar refractivity (Wildman–Crippen MR) is 83.0 cm³/mol. The summed E-state index contributed by atoms with van der Waals surface area (Å²) >= 11 is 1.68. The second kappa shape index (κ2) is 6.59. The molecule has 1 aliphatic heterocycles. The van der Waals surface area contributed by atoms with Gasteiger partial charge in [-0.05, 0) is 31.6 Å². The first-order valence-corrected chi connectivity index (χ1v) is 9.40. The predicted octanol–water partition coefficient (Wildman–Crippen LogP) is 3.11. The molecular weight excluding hydrogens is 286 g/mol. The summed E-state index contributed by atoms with van der Waals surface area (Å²) in [7, 11) is 0. The third kappa shape index (κ3) is 3.38. The molecule has 0 aromatic heterocycles. The largest absolute Gasteiger partial charge is 0.480 e. The highest BCUT2D eigenvalue weighted by atomic mass is 32.2. The molecule has 0 spiro atoms. The first kappa shape index (κ1) is 15.2. The van der Waals surface area contributed by atoms with Gasteiger partial charge in [0.25, 0.3) is 0 Å². The number of thioether (sulfide) groups is 1. The molecule has 0 aromatic carbocycles. The lowest BCUT2D eigenvalue weighted by molar-refractivity contribution is -0.151. The lowest BCUT2D eigenvalue weighted by Crippen LogP contribution is -2.48. The van der Waals surface area contributed by atoms with Crippen molar-refractivity contribution < 1.29 is 14.7 Å². The number of aliphatic carboxylic acids is 1. The molecule has 1 amide bonds. The minimum absolute atomic E-state index is 0.0621.